The highest BCUT2D eigenvalue weighted by Crippen LogP contribution is 2.42. The van der Waals surface area contributed by atoms with Gasteiger partial charge in [-0.25, -0.2) is 8.78 Å². The highest BCUT2D eigenvalue weighted by Gasteiger charge is 2.42. The van der Waals surface area contributed by atoms with Gasteiger partial charge < -0.3 is 5.32 Å². The Bertz CT molecular complexity index is 719. The van der Waals surface area contributed by atoms with E-state index in [4.69, 9.17) is 0 Å². The Morgan fingerprint density at radius 2 is 1.61 bits per heavy atom. The van der Waals surface area contributed by atoms with Crippen molar-refractivity contribution >= 4 is 11.6 Å². The van der Waals surface area contributed by atoms with E-state index in [-0.39, 0.29) is 17.5 Å². The third-order valence-corrected chi connectivity index (χ3v) is 4.73. The van der Waals surface area contributed by atoms with Gasteiger partial charge in [-0.05, 0) is 61.2 Å². The summed E-state index contributed by atoms with van der Waals surface area (Å²) in [6, 6.07) is 10.5. The predicted octanol–water partition coefficient (Wildman–Crippen LogP) is 4.72. The van der Waals surface area contributed by atoms with E-state index in [9.17, 15) is 13.6 Å². The first kappa shape index (κ1) is 15.7. The summed E-state index contributed by atoms with van der Waals surface area (Å²) >= 11 is 0. The van der Waals surface area contributed by atoms with Gasteiger partial charge in [0.1, 0.15) is 11.6 Å². The second-order valence-corrected chi connectivity index (χ2v) is 6.21. The molecule has 0 saturated heterocycles. The standard InChI is InChI=1S/C19H19F2NO/c1-13-12-16(21)8-9-17(13)22-18(23)19(10-2-3-11-19)14-4-6-15(20)7-5-14/h4-9,12H,2-3,10-11H2,1H3,(H,22,23). The minimum Gasteiger partial charge on any atom is -0.325 e. The maximum atomic E-state index is 13.2. The van der Waals surface area contributed by atoms with E-state index in [2.05, 4.69) is 5.32 Å². The molecule has 1 aliphatic carbocycles. The smallest absolute Gasteiger partial charge is 0.235 e. The lowest BCUT2D eigenvalue weighted by molar-refractivity contribution is -0.121. The molecule has 0 bridgehead atoms. The zero-order valence-electron chi connectivity index (χ0n) is 13.0. The van der Waals surface area contributed by atoms with E-state index in [1.165, 1.54) is 24.3 Å². The highest BCUT2D eigenvalue weighted by atomic mass is 19.1. The molecule has 2 aromatic carbocycles. The monoisotopic (exact) mass is 315 g/mol. The van der Waals surface area contributed by atoms with E-state index >= 15 is 0 Å². The molecule has 0 heterocycles. The largest absolute Gasteiger partial charge is 0.325 e. The summed E-state index contributed by atoms with van der Waals surface area (Å²) in [5.41, 5.74) is 1.51. The van der Waals surface area contributed by atoms with Gasteiger partial charge in [-0.2, -0.15) is 0 Å². The van der Waals surface area contributed by atoms with Crippen LogP contribution in [0.2, 0.25) is 0 Å². The van der Waals surface area contributed by atoms with Gasteiger partial charge in [0.2, 0.25) is 5.91 Å². The lowest BCUT2D eigenvalue weighted by Gasteiger charge is -2.28. The van der Waals surface area contributed by atoms with Crippen molar-refractivity contribution in [2.45, 2.75) is 38.0 Å². The molecular weight excluding hydrogens is 296 g/mol. The van der Waals surface area contributed by atoms with Gasteiger partial charge >= 0.3 is 0 Å². The van der Waals surface area contributed by atoms with Crippen LogP contribution in [0.1, 0.15) is 36.8 Å². The Balaban J connectivity index is 1.91. The fourth-order valence-electron chi connectivity index (χ4n) is 3.40. The molecule has 0 aliphatic heterocycles. The van der Waals surface area contributed by atoms with Crippen molar-refractivity contribution in [2.24, 2.45) is 0 Å². The second-order valence-electron chi connectivity index (χ2n) is 6.21. The lowest BCUT2D eigenvalue weighted by atomic mass is 9.78. The number of hydrogen-bond acceptors (Lipinski definition) is 1. The first-order chi connectivity index (χ1) is 11.0. The number of rotatable bonds is 3. The molecule has 2 aromatic rings. The number of nitrogens with one attached hydrogen (secondary N) is 1. The van der Waals surface area contributed by atoms with E-state index in [0.29, 0.717) is 11.3 Å². The molecule has 1 amide bonds. The summed E-state index contributed by atoms with van der Waals surface area (Å²) in [7, 11) is 0. The van der Waals surface area contributed by atoms with Crippen molar-refractivity contribution in [1.82, 2.24) is 0 Å². The average molecular weight is 315 g/mol. The number of amides is 1. The van der Waals surface area contributed by atoms with Crippen molar-refractivity contribution < 1.29 is 13.6 Å². The van der Waals surface area contributed by atoms with Crippen LogP contribution in [-0.2, 0) is 10.2 Å². The average Bonchev–Trinajstić information content (AvgIpc) is 3.01. The maximum Gasteiger partial charge on any atom is 0.235 e. The molecule has 0 spiro atoms. The Morgan fingerprint density at radius 3 is 2.22 bits per heavy atom. The van der Waals surface area contributed by atoms with Gasteiger partial charge in [0.25, 0.3) is 0 Å². The van der Waals surface area contributed by atoms with Gasteiger partial charge in [-0.1, -0.05) is 25.0 Å². The van der Waals surface area contributed by atoms with Crippen LogP contribution >= 0.6 is 0 Å². The van der Waals surface area contributed by atoms with Crippen LogP contribution < -0.4 is 5.32 Å². The van der Waals surface area contributed by atoms with E-state index < -0.39 is 5.41 Å². The van der Waals surface area contributed by atoms with Crippen molar-refractivity contribution in [3.8, 4) is 0 Å². The van der Waals surface area contributed by atoms with Gasteiger partial charge in [-0.3, -0.25) is 4.79 Å². The summed E-state index contributed by atoms with van der Waals surface area (Å²) in [5.74, 6) is -0.734. The van der Waals surface area contributed by atoms with Crippen LogP contribution in [0, 0.1) is 18.6 Å². The van der Waals surface area contributed by atoms with Crippen LogP contribution in [0.15, 0.2) is 42.5 Å². The molecule has 0 unspecified atom stereocenters. The topological polar surface area (TPSA) is 29.1 Å². The fourth-order valence-corrected chi connectivity index (χ4v) is 3.40. The van der Waals surface area contributed by atoms with Crippen LogP contribution in [0.25, 0.3) is 0 Å². The molecule has 1 aliphatic rings. The summed E-state index contributed by atoms with van der Waals surface area (Å²) in [5, 5.41) is 2.93. The normalized spacial score (nSPS) is 16.3. The Hall–Kier alpha value is -2.23. The maximum absolute atomic E-state index is 13.2. The summed E-state index contributed by atoms with van der Waals surface area (Å²) in [6.07, 6.45) is 3.41. The summed E-state index contributed by atoms with van der Waals surface area (Å²) in [6.45, 7) is 1.76. The first-order valence-electron chi connectivity index (χ1n) is 7.85. The minimum absolute atomic E-state index is 0.101. The van der Waals surface area contributed by atoms with Crippen LogP contribution in [-0.4, -0.2) is 5.91 Å². The molecular formula is C19H19F2NO. The van der Waals surface area contributed by atoms with E-state index in [0.717, 1.165) is 31.2 Å². The summed E-state index contributed by atoms with van der Waals surface area (Å²) in [4.78, 5) is 13.0. The quantitative estimate of drug-likeness (QED) is 0.872. The SMILES string of the molecule is Cc1cc(F)ccc1NC(=O)C1(c2ccc(F)cc2)CCCC1. The van der Waals surface area contributed by atoms with E-state index in [1.807, 2.05) is 0 Å². The molecule has 4 heteroatoms. The van der Waals surface area contributed by atoms with Crippen molar-refractivity contribution in [3.05, 3.63) is 65.2 Å². The fraction of sp³-hybridized carbons (Fsp3) is 0.316. The molecule has 0 radical (unpaired) electrons. The molecule has 0 aromatic heterocycles. The van der Waals surface area contributed by atoms with Crippen LogP contribution in [0.4, 0.5) is 14.5 Å². The Morgan fingerprint density at radius 1 is 1.00 bits per heavy atom. The van der Waals surface area contributed by atoms with Gasteiger partial charge in [0.15, 0.2) is 0 Å². The minimum atomic E-state index is -0.630. The van der Waals surface area contributed by atoms with Crippen molar-refractivity contribution in [2.75, 3.05) is 5.32 Å². The number of carbonyl (C=O) groups excluding carboxylic acids is 1. The van der Waals surface area contributed by atoms with Gasteiger partial charge in [0, 0.05) is 5.69 Å². The molecule has 120 valence electrons. The number of anilines is 1. The molecule has 1 saturated carbocycles. The molecule has 0 atom stereocenters. The van der Waals surface area contributed by atoms with E-state index in [1.54, 1.807) is 25.1 Å². The third-order valence-electron chi connectivity index (χ3n) is 4.73. The number of benzene rings is 2. The zero-order valence-corrected chi connectivity index (χ0v) is 13.0. The lowest BCUT2D eigenvalue weighted by Crippen LogP contribution is -2.38. The zero-order chi connectivity index (χ0) is 16.4. The molecule has 2 nitrogen and oxygen atoms in total. The highest BCUT2D eigenvalue weighted by molar-refractivity contribution is 5.99. The van der Waals surface area contributed by atoms with Crippen LogP contribution in [0.3, 0.4) is 0 Å². The second kappa shape index (κ2) is 6.11. The first-order valence-corrected chi connectivity index (χ1v) is 7.85. The number of hydrogen-bond donors (Lipinski definition) is 1. The van der Waals surface area contributed by atoms with Crippen molar-refractivity contribution in [3.63, 3.8) is 0 Å². The van der Waals surface area contributed by atoms with Crippen LogP contribution in [0.5, 0.6) is 0 Å². The molecule has 1 N–H and O–H groups in total. The predicted molar refractivity (Wildman–Crippen MR) is 86.3 cm³/mol. The van der Waals surface area contributed by atoms with Crippen molar-refractivity contribution in [1.29, 1.82) is 0 Å². The Labute approximate surface area is 134 Å². The van der Waals surface area contributed by atoms with Gasteiger partial charge in [0.05, 0.1) is 5.41 Å². The number of halogens is 2. The Kier molecular flexibility index (Phi) is 4.16. The summed E-state index contributed by atoms with van der Waals surface area (Å²) < 4.78 is 26.4. The molecule has 23 heavy (non-hydrogen) atoms. The molecule has 3 rings (SSSR count). The number of carbonyl (C=O) groups is 1. The van der Waals surface area contributed by atoms with Gasteiger partial charge in [-0.15, -0.1) is 0 Å². The number of aryl methyl sites for hydroxylation is 1. The third kappa shape index (κ3) is 2.98. The molecule has 1 fully saturated rings.